The third-order valence-electron chi connectivity index (χ3n) is 2.11. The highest BCUT2D eigenvalue weighted by atomic mass is 16.1. The van der Waals surface area contributed by atoms with E-state index in [0.717, 1.165) is 0 Å². The summed E-state index contributed by atoms with van der Waals surface area (Å²) in [5.74, 6) is 1.97. The van der Waals surface area contributed by atoms with E-state index in [-0.39, 0.29) is 12.3 Å². The minimum Gasteiger partial charge on any atom is -0.363 e. The van der Waals surface area contributed by atoms with Crippen molar-refractivity contribution in [2.75, 3.05) is 17.2 Å². The molecule has 2 heterocycles. The third kappa shape index (κ3) is 3.51. The molecule has 18 heavy (non-hydrogen) atoms. The van der Waals surface area contributed by atoms with E-state index in [1.165, 1.54) is 13.3 Å². The summed E-state index contributed by atoms with van der Waals surface area (Å²) >= 11 is 0. The van der Waals surface area contributed by atoms with Gasteiger partial charge in [0.2, 0.25) is 0 Å². The number of hydrogen-bond donors (Lipinski definition) is 2. The van der Waals surface area contributed by atoms with E-state index in [9.17, 15) is 4.79 Å². The van der Waals surface area contributed by atoms with E-state index < -0.39 is 0 Å². The average Bonchev–Trinajstić information content (AvgIpc) is 2.38. The van der Waals surface area contributed by atoms with Gasteiger partial charge in [0.25, 0.3) is 0 Å². The van der Waals surface area contributed by atoms with E-state index >= 15 is 0 Å². The number of carbonyl (C=O) groups is 1. The second-order valence-corrected chi connectivity index (χ2v) is 3.68. The topological polar surface area (TPSA) is 79.8 Å². The van der Waals surface area contributed by atoms with Crippen molar-refractivity contribution in [2.24, 2.45) is 0 Å². The van der Waals surface area contributed by atoms with Gasteiger partial charge in [-0.2, -0.15) is 0 Å². The zero-order valence-electron chi connectivity index (χ0n) is 9.92. The molecule has 0 radical (unpaired) electrons. The SMILES string of the molecule is CC(=O)CNc1cc(Nc2ccccn2)ncn1. The van der Waals surface area contributed by atoms with Gasteiger partial charge in [0.1, 0.15) is 29.6 Å². The lowest BCUT2D eigenvalue weighted by Gasteiger charge is -2.06. The summed E-state index contributed by atoms with van der Waals surface area (Å²) in [6.07, 6.45) is 3.12. The average molecular weight is 243 g/mol. The smallest absolute Gasteiger partial charge is 0.148 e. The molecule has 0 amide bonds. The minimum absolute atomic E-state index is 0.0489. The molecule has 0 saturated heterocycles. The molecule has 0 atom stereocenters. The van der Waals surface area contributed by atoms with Crippen molar-refractivity contribution in [3.05, 3.63) is 36.8 Å². The van der Waals surface area contributed by atoms with Crippen LogP contribution in [0.3, 0.4) is 0 Å². The predicted molar refractivity (Wildman–Crippen MR) is 68.7 cm³/mol. The maximum Gasteiger partial charge on any atom is 0.148 e. The second-order valence-electron chi connectivity index (χ2n) is 3.68. The molecule has 2 rings (SSSR count). The van der Waals surface area contributed by atoms with Crippen LogP contribution in [0.15, 0.2) is 36.8 Å². The molecule has 0 bridgehead atoms. The van der Waals surface area contributed by atoms with Crippen molar-refractivity contribution in [1.82, 2.24) is 15.0 Å². The molecule has 2 aromatic rings. The monoisotopic (exact) mass is 243 g/mol. The van der Waals surface area contributed by atoms with Crippen molar-refractivity contribution in [1.29, 1.82) is 0 Å². The first-order valence-corrected chi connectivity index (χ1v) is 5.47. The van der Waals surface area contributed by atoms with Crippen molar-refractivity contribution in [3.63, 3.8) is 0 Å². The molecule has 0 unspecified atom stereocenters. The molecular formula is C12H13N5O. The second kappa shape index (κ2) is 5.72. The van der Waals surface area contributed by atoms with Crippen molar-refractivity contribution < 1.29 is 4.79 Å². The first-order chi connectivity index (χ1) is 8.74. The Morgan fingerprint density at radius 3 is 2.72 bits per heavy atom. The van der Waals surface area contributed by atoms with Crippen LogP contribution in [0.5, 0.6) is 0 Å². The highest BCUT2D eigenvalue weighted by Gasteiger charge is 2.00. The van der Waals surface area contributed by atoms with E-state index in [2.05, 4.69) is 25.6 Å². The van der Waals surface area contributed by atoms with Gasteiger partial charge in [-0.25, -0.2) is 15.0 Å². The van der Waals surface area contributed by atoms with Gasteiger partial charge in [-0.05, 0) is 19.1 Å². The van der Waals surface area contributed by atoms with Crippen LogP contribution in [0.4, 0.5) is 17.5 Å². The molecule has 6 heteroatoms. The Bertz CT molecular complexity index is 529. The third-order valence-corrected chi connectivity index (χ3v) is 2.11. The Labute approximate surface area is 105 Å². The fraction of sp³-hybridized carbons (Fsp3) is 0.167. The molecule has 0 aliphatic heterocycles. The van der Waals surface area contributed by atoms with E-state index in [1.807, 2.05) is 18.2 Å². The number of pyridine rings is 1. The number of nitrogens with zero attached hydrogens (tertiary/aromatic N) is 3. The first-order valence-electron chi connectivity index (χ1n) is 5.47. The molecule has 92 valence electrons. The number of rotatable bonds is 5. The molecule has 0 aromatic carbocycles. The van der Waals surface area contributed by atoms with E-state index in [1.54, 1.807) is 12.3 Å². The first kappa shape index (κ1) is 12.0. The molecule has 2 N–H and O–H groups in total. The summed E-state index contributed by atoms with van der Waals surface area (Å²) in [7, 11) is 0. The van der Waals surface area contributed by atoms with Crippen LogP contribution in [-0.4, -0.2) is 27.3 Å². The van der Waals surface area contributed by atoms with Gasteiger partial charge >= 0.3 is 0 Å². The van der Waals surface area contributed by atoms with Crippen molar-refractivity contribution in [3.8, 4) is 0 Å². The molecule has 0 fully saturated rings. The van der Waals surface area contributed by atoms with Crippen LogP contribution in [0, 0.1) is 0 Å². The lowest BCUT2D eigenvalue weighted by molar-refractivity contribution is -0.115. The number of aromatic nitrogens is 3. The highest BCUT2D eigenvalue weighted by molar-refractivity contribution is 5.80. The van der Waals surface area contributed by atoms with Crippen LogP contribution in [0.2, 0.25) is 0 Å². The van der Waals surface area contributed by atoms with Gasteiger partial charge in [0.05, 0.1) is 6.54 Å². The zero-order valence-corrected chi connectivity index (χ0v) is 9.92. The molecular weight excluding hydrogens is 230 g/mol. The Balaban J connectivity index is 2.05. The summed E-state index contributed by atoms with van der Waals surface area (Å²) in [4.78, 5) is 23.1. The number of Topliss-reactive ketones (excluding diaryl/α,β-unsaturated/α-hetero) is 1. The number of anilines is 3. The van der Waals surface area contributed by atoms with Crippen molar-refractivity contribution in [2.45, 2.75) is 6.92 Å². The Morgan fingerprint density at radius 2 is 2.00 bits per heavy atom. The molecule has 0 saturated carbocycles. The number of hydrogen-bond acceptors (Lipinski definition) is 6. The summed E-state index contributed by atoms with van der Waals surface area (Å²) < 4.78 is 0. The van der Waals surface area contributed by atoms with Gasteiger partial charge in [0, 0.05) is 12.3 Å². The summed E-state index contributed by atoms with van der Waals surface area (Å²) in [6, 6.07) is 7.28. The number of carbonyl (C=O) groups excluding carboxylic acids is 1. The van der Waals surface area contributed by atoms with Gasteiger partial charge < -0.3 is 10.6 Å². The standard InChI is InChI=1S/C12H13N5O/c1-9(18)7-14-11-6-12(16-8-15-11)17-10-4-2-3-5-13-10/h2-6,8H,7H2,1H3,(H2,13,14,15,16,17). The molecule has 2 aromatic heterocycles. The maximum atomic E-state index is 10.9. The predicted octanol–water partition coefficient (Wildman–Crippen LogP) is 1.62. The zero-order chi connectivity index (χ0) is 12.8. The largest absolute Gasteiger partial charge is 0.363 e. The fourth-order valence-electron chi connectivity index (χ4n) is 1.31. The normalized spacial score (nSPS) is 9.83. The Hall–Kier alpha value is -2.50. The van der Waals surface area contributed by atoms with Gasteiger partial charge in [-0.3, -0.25) is 4.79 Å². The van der Waals surface area contributed by atoms with Crippen LogP contribution < -0.4 is 10.6 Å². The highest BCUT2D eigenvalue weighted by Crippen LogP contribution is 2.13. The van der Waals surface area contributed by atoms with Crippen molar-refractivity contribution >= 4 is 23.2 Å². The minimum atomic E-state index is 0.0489. The summed E-state index contributed by atoms with van der Waals surface area (Å²) in [5, 5.41) is 5.95. The Kier molecular flexibility index (Phi) is 3.80. The summed E-state index contributed by atoms with van der Waals surface area (Å²) in [6.45, 7) is 1.77. The van der Waals surface area contributed by atoms with Crippen LogP contribution >= 0.6 is 0 Å². The lowest BCUT2D eigenvalue weighted by Crippen LogP contribution is -2.11. The van der Waals surface area contributed by atoms with E-state index in [0.29, 0.717) is 17.5 Å². The molecule has 6 nitrogen and oxygen atoms in total. The molecule has 0 aliphatic rings. The van der Waals surface area contributed by atoms with Crippen LogP contribution in [-0.2, 0) is 4.79 Å². The molecule has 0 spiro atoms. The number of nitrogens with one attached hydrogen (secondary N) is 2. The van der Waals surface area contributed by atoms with Gasteiger partial charge in [0.15, 0.2) is 0 Å². The van der Waals surface area contributed by atoms with Gasteiger partial charge in [-0.15, -0.1) is 0 Å². The fourth-order valence-corrected chi connectivity index (χ4v) is 1.31. The lowest BCUT2D eigenvalue weighted by atomic mass is 10.4. The summed E-state index contributed by atoms with van der Waals surface area (Å²) in [5.41, 5.74) is 0. The quantitative estimate of drug-likeness (QED) is 0.830. The maximum absolute atomic E-state index is 10.9. The van der Waals surface area contributed by atoms with Crippen LogP contribution in [0.25, 0.3) is 0 Å². The number of ketones is 1. The van der Waals surface area contributed by atoms with Gasteiger partial charge in [-0.1, -0.05) is 6.07 Å². The van der Waals surface area contributed by atoms with Crippen LogP contribution in [0.1, 0.15) is 6.92 Å². The Morgan fingerprint density at radius 1 is 1.17 bits per heavy atom. The molecule has 0 aliphatic carbocycles. The van der Waals surface area contributed by atoms with E-state index in [4.69, 9.17) is 0 Å².